The van der Waals surface area contributed by atoms with Crippen molar-refractivity contribution in [3.8, 4) is 16.9 Å². The molecule has 3 aromatic carbocycles. The van der Waals surface area contributed by atoms with E-state index in [0.717, 1.165) is 52.0 Å². The van der Waals surface area contributed by atoms with Crippen molar-refractivity contribution in [2.24, 2.45) is 0 Å². The third-order valence-corrected chi connectivity index (χ3v) is 7.11. The quantitative estimate of drug-likeness (QED) is 0.318. The maximum Gasteiger partial charge on any atom is 0.440 e. The molecule has 0 saturated carbocycles. The SMILES string of the molecule is CCN(CC1CCCO1)C(=O)c1ccc(-c2cccc(COc3ccc(Cn4oc(=O)[nH]c4=O)cc3)c2)c(C)c1. The number of benzene rings is 3. The van der Waals surface area contributed by atoms with Crippen molar-refractivity contribution in [2.45, 2.75) is 45.9 Å². The van der Waals surface area contributed by atoms with Crippen LogP contribution >= 0.6 is 0 Å². The van der Waals surface area contributed by atoms with E-state index in [1.54, 1.807) is 0 Å². The normalized spacial score (nSPS) is 14.8. The van der Waals surface area contributed by atoms with Crippen LogP contribution in [-0.2, 0) is 17.9 Å². The molecule has 208 valence electrons. The Labute approximate surface area is 231 Å². The maximum atomic E-state index is 13.2. The van der Waals surface area contributed by atoms with E-state index >= 15 is 0 Å². The molecule has 1 amide bonds. The molecule has 1 N–H and O–H groups in total. The summed E-state index contributed by atoms with van der Waals surface area (Å²) in [6, 6.07) is 21.3. The number of ether oxygens (including phenoxy) is 2. The fraction of sp³-hybridized carbons (Fsp3) is 0.323. The summed E-state index contributed by atoms with van der Waals surface area (Å²) in [5.41, 5.74) is 5.06. The highest BCUT2D eigenvalue weighted by molar-refractivity contribution is 5.95. The minimum absolute atomic E-state index is 0.0329. The number of aromatic amines is 1. The lowest BCUT2D eigenvalue weighted by atomic mass is 9.96. The van der Waals surface area contributed by atoms with E-state index in [0.29, 0.717) is 31.0 Å². The largest absolute Gasteiger partial charge is 0.489 e. The number of nitrogens with zero attached hydrogens (tertiary/aromatic N) is 2. The zero-order chi connectivity index (χ0) is 28.1. The molecule has 1 aromatic heterocycles. The smallest absolute Gasteiger partial charge is 0.440 e. The number of amides is 1. The standard InChI is InChI=1S/C31H33N3O6/c1-3-33(19-27-8-5-15-38-27)29(35)25-11-14-28(21(2)16-25)24-7-4-6-23(17-24)20-39-26-12-9-22(10-13-26)18-34-30(36)32-31(37)40-34/h4,6-7,9-14,16-17,27H,3,5,8,15,18-20H2,1-2H3,(H,32,36,37). The predicted molar refractivity (Wildman–Crippen MR) is 151 cm³/mol. The second-order valence-corrected chi connectivity index (χ2v) is 9.99. The highest BCUT2D eigenvalue weighted by Crippen LogP contribution is 2.27. The van der Waals surface area contributed by atoms with Crippen LogP contribution in [-0.4, -0.2) is 46.3 Å². The van der Waals surface area contributed by atoms with Gasteiger partial charge < -0.3 is 18.9 Å². The van der Waals surface area contributed by atoms with E-state index in [4.69, 9.17) is 14.0 Å². The van der Waals surface area contributed by atoms with E-state index in [9.17, 15) is 14.4 Å². The molecule has 1 unspecified atom stereocenters. The summed E-state index contributed by atoms with van der Waals surface area (Å²) in [5.74, 6) is -0.0647. The van der Waals surface area contributed by atoms with Crippen LogP contribution in [0.25, 0.3) is 11.1 Å². The summed E-state index contributed by atoms with van der Waals surface area (Å²) >= 11 is 0. The van der Waals surface area contributed by atoms with E-state index in [1.807, 2.05) is 73.3 Å². The third kappa shape index (κ3) is 6.43. The first-order valence-corrected chi connectivity index (χ1v) is 13.5. The van der Waals surface area contributed by atoms with Crippen molar-refractivity contribution in [3.05, 3.63) is 110 Å². The molecule has 1 saturated heterocycles. The summed E-state index contributed by atoms with van der Waals surface area (Å²) in [5, 5.41) is 0. The Morgan fingerprint density at radius 1 is 1.07 bits per heavy atom. The number of carbonyl (C=O) groups excluding carboxylic acids is 1. The van der Waals surface area contributed by atoms with Crippen molar-refractivity contribution in [1.82, 2.24) is 14.6 Å². The van der Waals surface area contributed by atoms with Crippen LogP contribution < -0.4 is 16.2 Å². The molecule has 0 aliphatic carbocycles. The number of carbonyl (C=O) groups is 1. The van der Waals surface area contributed by atoms with E-state index in [-0.39, 0.29) is 18.6 Å². The number of H-pyrrole nitrogens is 1. The average molecular weight is 544 g/mol. The van der Waals surface area contributed by atoms with Gasteiger partial charge in [-0.1, -0.05) is 36.4 Å². The molecule has 1 atom stereocenters. The molecule has 9 heteroatoms. The number of rotatable bonds is 10. The van der Waals surface area contributed by atoms with Crippen molar-refractivity contribution in [2.75, 3.05) is 19.7 Å². The Balaban J connectivity index is 1.22. The highest BCUT2D eigenvalue weighted by atomic mass is 16.5. The van der Waals surface area contributed by atoms with Crippen LogP contribution in [0.5, 0.6) is 5.75 Å². The average Bonchev–Trinajstić information content (AvgIpc) is 3.59. The first-order chi connectivity index (χ1) is 19.4. The van der Waals surface area contributed by atoms with Gasteiger partial charge in [0.1, 0.15) is 12.4 Å². The molecule has 5 rings (SSSR count). The molecule has 1 aliphatic rings. The second kappa shape index (κ2) is 12.2. The summed E-state index contributed by atoms with van der Waals surface area (Å²) < 4.78 is 17.5. The lowest BCUT2D eigenvalue weighted by Crippen LogP contribution is -2.37. The molecule has 0 spiro atoms. The van der Waals surface area contributed by atoms with Crippen molar-refractivity contribution >= 4 is 5.91 Å². The summed E-state index contributed by atoms with van der Waals surface area (Å²) in [6.45, 7) is 6.61. The lowest BCUT2D eigenvalue weighted by molar-refractivity contribution is 0.0539. The molecule has 40 heavy (non-hydrogen) atoms. The monoisotopic (exact) mass is 543 g/mol. The predicted octanol–water partition coefficient (Wildman–Crippen LogP) is 4.37. The van der Waals surface area contributed by atoms with Crippen LogP contribution in [0.15, 0.2) is 80.8 Å². The molecular weight excluding hydrogens is 510 g/mol. The number of hydrogen-bond donors (Lipinski definition) is 1. The Bertz CT molecular complexity index is 1580. The van der Waals surface area contributed by atoms with Gasteiger partial charge in [0.05, 0.1) is 12.6 Å². The van der Waals surface area contributed by atoms with Gasteiger partial charge in [0.25, 0.3) is 5.91 Å². The van der Waals surface area contributed by atoms with Gasteiger partial charge >= 0.3 is 11.4 Å². The van der Waals surface area contributed by atoms with Crippen LogP contribution in [0.3, 0.4) is 0 Å². The summed E-state index contributed by atoms with van der Waals surface area (Å²) in [7, 11) is 0. The number of hydrogen-bond acceptors (Lipinski definition) is 6. The second-order valence-electron chi connectivity index (χ2n) is 9.99. The zero-order valence-electron chi connectivity index (χ0n) is 22.7. The Hall–Kier alpha value is -4.37. The molecule has 2 heterocycles. The Morgan fingerprint density at radius 3 is 2.58 bits per heavy atom. The van der Waals surface area contributed by atoms with Gasteiger partial charge in [0.15, 0.2) is 0 Å². The molecule has 9 nitrogen and oxygen atoms in total. The summed E-state index contributed by atoms with van der Waals surface area (Å²) in [4.78, 5) is 39.9. The molecule has 4 aromatic rings. The van der Waals surface area contributed by atoms with Gasteiger partial charge in [-0.3, -0.25) is 4.79 Å². The summed E-state index contributed by atoms with van der Waals surface area (Å²) in [6.07, 6.45) is 2.19. The molecular formula is C31H33N3O6. The Kier molecular flexibility index (Phi) is 8.31. The van der Waals surface area contributed by atoms with Gasteiger partial charge in [0, 0.05) is 25.3 Å². The van der Waals surface area contributed by atoms with E-state index < -0.39 is 11.4 Å². The zero-order valence-corrected chi connectivity index (χ0v) is 22.7. The van der Waals surface area contributed by atoms with Crippen LogP contribution in [0.1, 0.15) is 46.8 Å². The van der Waals surface area contributed by atoms with Gasteiger partial charge in [0.2, 0.25) is 0 Å². The first-order valence-electron chi connectivity index (χ1n) is 13.5. The van der Waals surface area contributed by atoms with Crippen LogP contribution in [0.2, 0.25) is 0 Å². The fourth-order valence-corrected chi connectivity index (χ4v) is 4.96. The number of aryl methyl sites for hydroxylation is 1. The van der Waals surface area contributed by atoms with Crippen LogP contribution in [0.4, 0.5) is 0 Å². The highest BCUT2D eigenvalue weighted by Gasteiger charge is 2.22. The minimum atomic E-state index is -0.778. The topological polar surface area (TPSA) is 107 Å². The van der Waals surface area contributed by atoms with Crippen LogP contribution in [0, 0.1) is 6.92 Å². The van der Waals surface area contributed by atoms with E-state index in [2.05, 4.69) is 17.1 Å². The lowest BCUT2D eigenvalue weighted by Gasteiger charge is -2.24. The molecule has 1 aliphatic heterocycles. The van der Waals surface area contributed by atoms with Crippen molar-refractivity contribution in [3.63, 3.8) is 0 Å². The number of likely N-dealkylation sites (N-methyl/N-ethyl adjacent to an activating group) is 1. The fourth-order valence-electron chi connectivity index (χ4n) is 4.96. The third-order valence-electron chi connectivity index (χ3n) is 7.11. The number of aromatic nitrogens is 2. The van der Waals surface area contributed by atoms with Gasteiger partial charge in [-0.15, -0.1) is 4.74 Å². The molecule has 0 bridgehead atoms. The number of nitrogens with one attached hydrogen (secondary N) is 1. The first kappa shape index (κ1) is 27.2. The molecule has 1 fully saturated rings. The van der Waals surface area contributed by atoms with Crippen molar-refractivity contribution in [1.29, 1.82) is 0 Å². The van der Waals surface area contributed by atoms with Crippen molar-refractivity contribution < 1.29 is 18.8 Å². The minimum Gasteiger partial charge on any atom is -0.489 e. The molecule has 0 radical (unpaired) electrons. The van der Waals surface area contributed by atoms with Gasteiger partial charge in [-0.05, 0) is 84.8 Å². The maximum absolute atomic E-state index is 13.2. The van der Waals surface area contributed by atoms with E-state index in [1.165, 1.54) is 0 Å². The van der Waals surface area contributed by atoms with Gasteiger partial charge in [-0.25, -0.2) is 14.6 Å². The Morgan fingerprint density at radius 2 is 1.90 bits per heavy atom. The van der Waals surface area contributed by atoms with Gasteiger partial charge in [-0.2, -0.15) is 0 Å².